The standard InChI is InChI=1S/C25H36N6O6/c26-10-4-3-8-19(25(36)37)29-24(35)21(14-32)31-23(34)20(30-22(33)18-9-5-11-27-18)12-15-13-28-17-7-2-1-6-16(15)17/h1-2,6-7,13,18-21,27-28,32H,3-5,8-12,14,26H2,(H,29,35)(H,30,33)(H,31,34)(H,36,37). The molecule has 37 heavy (non-hydrogen) atoms. The maximum atomic E-state index is 13.3. The zero-order valence-electron chi connectivity index (χ0n) is 20.7. The Bertz CT molecular complexity index is 1080. The first-order chi connectivity index (χ1) is 17.8. The highest BCUT2D eigenvalue weighted by Gasteiger charge is 2.31. The van der Waals surface area contributed by atoms with Gasteiger partial charge in [-0.1, -0.05) is 18.2 Å². The summed E-state index contributed by atoms with van der Waals surface area (Å²) in [7, 11) is 0. The van der Waals surface area contributed by atoms with E-state index in [9.17, 15) is 29.4 Å². The van der Waals surface area contributed by atoms with Gasteiger partial charge in [-0.15, -0.1) is 0 Å². The van der Waals surface area contributed by atoms with Crippen molar-refractivity contribution in [1.82, 2.24) is 26.3 Å². The molecule has 0 bridgehead atoms. The van der Waals surface area contributed by atoms with E-state index in [4.69, 9.17) is 5.73 Å². The second-order valence-electron chi connectivity index (χ2n) is 9.20. The lowest BCUT2D eigenvalue weighted by molar-refractivity contribution is -0.142. The van der Waals surface area contributed by atoms with E-state index in [1.807, 2.05) is 24.3 Å². The van der Waals surface area contributed by atoms with Crippen LogP contribution in [0, 0.1) is 0 Å². The first-order valence-corrected chi connectivity index (χ1v) is 12.6. The number of carboxylic acid groups (broad SMARTS) is 1. The van der Waals surface area contributed by atoms with Crippen molar-refractivity contribution < 1.29 is 29.4 Å². The fourth-order valence-corrected chi connectivity index (χ4v) is 4.40. The number of aromatic nitrogens is 1. The summed E-state index contributed by atoms with van der Waals surface area (Å²) in [4.78, 5) is 53.5. The van der Waals surface area contributed by atoms with Crippen molar-refractivity contribution in [2.75, 3.05) is 19.7 Å². The summed E-state index contributed by atoms with van der Waals surface area (Å²) in [6.07, 6.45) is 4.67. The molecule has 4 atom stereocenters. The molecule has 1 aliphatic heterocycles. The fourth-order valence-electron chi connectivity index (χ4n) is 4.40. The molecule has 0 spiro atoms. The van der Waals surface area contributed by atoms with E-state index in [0.717, 1.165) is 22.9 Å². The van der Waals surface area contributed by atoms with Gasteiger partial charge in [0.05, 0.1) is 12.6 Å². The molecule has 0 saturated carbocycles. The molecular formula is C25H36N6O6. The number of carbonyl (C=O) groups excluding carboxylic acids is 3. The van der Waals surface area contributed by atoms with Gasteiger partial charge in [-0.3, -0.25) is 14.4 Å². The number of benzene rings is 1. The predicted octanol–water partition coefficient (Wildman–Crippen LogP) is -0.877. The van der Waals surface area contributed by atoms with Crippen LogP contribution < -0.4 is 27.0 Å². The molecular weight excluding hydrogens is 480 g/mol. The minimum Gasteiger partial charge on any atom is -0.480 e. The second kappa shape index (κ2) is 13.7. The average molecular weight is 517 g/mol. The normalized spacial score (nSPS) is 17.6. The molecule has 1 fully saturated rings. The number of nitrogens with two attached hydrogens (primary N) is 1. The molecule has 0 radical (unpaired) electrons. The third kappa shape index (κ3) is 7.75. The Morgan fingerprint density at radius 1 is 1.03 bits per heavy atom. The minimum atomic E-state index is -1.39. The van der Waals surface area contributed by atoms with Crippen LogP contribution in [0.25, 0.3) is 10.9 Å². The number of fused-ring (bicyclic) bond motifs is 1. The zero-order valence-corrected chi connectivity index (χ0v) is 20.7. The molecule has 1 aromatic carbocycles. The maximum Gasteiger partial charge on any atom is 0.326 e. The van der Waals surface area contributed by atoms with Crippen LogP contribution in [0.4, 0.5) is 0 Å². The number of para-hydroxylation sites is 1. The van der Waals surface area contributed by atoms with Crippen LogP contribution >= 0.6 is 0 Å². The number of H-pyrrole nitrogens is 1. The number of carbonyl (C=O) groups is 4. The Kier molecular flexibility index (Phi) is 10.4. The summed E-state index contributed by atoms with van der Waals surface area (Å²) in [6, 6.07) is 3.52. The topological polar surface area (TPSA) is 199 Å². The molecule has 1 saturated heterocycles. The third-order valence-corrected chi connectivity index (χ3v) is 6.49. The number of hydrogen-bond donors (Lipinski definition) is 8. The van der Waals surface area contributed by atoms with Crippen molar-refractivity contribution in [3.05, 3.63) is 36.0 Å². The van der Waals surface area contributed by atoms with Gasteiger partial charge in [-0.2, -0.15) is 0 Å². The molecule has 9 N–H and O–H groups in total. The van der Waals surface area contributed by atoms with Gasteiger partial charge in [0.1, 0.15) is 18.1 Å². The van der Waals surface area contributed by atoms with Crippen LogP contribution in [0.5, 0.6) is 0 Å². The summed E-state index contributed by atoms with van der Waals surface area (Å²) >= 11 is 0. The van der Waals surface area contributed by atoms with Gasteiger partial charge in [0.15, 0.2) is 0 Å². The molecule has 12 heteroatoms. The molecule has 202 valence electrons. The van der Waals surface area contributed by atoms with Crippen LogP contribution in [-0.2, 0) is 25.6 Å². The number of aromatic amines is 1. The quantitative estimate of drug-likeness (QED) is 0.148. The van der Waals surface area contributed by atoms with Crippen molar-refractivity contribution in [3.63, 3.8) is 0 Å². The van der Waals surface area contributed by atoms with Gasteiger partial charge in [0, 0.05) is 23.5 Å². The summed E-state index contributed by atoms with van der Waals surface area (Å²) < 4.78 is 0. The van der Waals surface area contributed by atoms with Gasteiger partial charge >= 0.3 is 5.97 Å². The van der Waals surface area contributed by atoms with Gasteiger partial charge in [0.2, 0.25) is 17.7 Å². The summed E-state index contributed by atoms with van der Waals surface area (Å²) in [5.41, 5.74) is 7.12. The largest absolute Gasteiger partial charge is 0.480 e. The van der Waals surface area contributed by atoms with Gasteiger partial charge in [-0.25, -0.2) is 4.79 Å². The number of aliphatic hydroxyl groups is 1. The van der Waals surface area contributed by atoms with Crippen molar-refractivity contribution in [2.24, 2.45) is 5.73 Å². The Morgan fingerprint density at radius 3 is 2.43 bits per heavy atom. The lowest BCUT2D eigenvalue weighted by Crippen LogP contribution is -2.58. The summed E-state index contributed by atoms with van der Waals surface area (Å²) in [5.74, 6) is -3.04. The number of rotatable bonds is 14. The molecule has 4 unspecified atom stereocenters. The number of carboxylic acids is 1. The van der Waals surface area contributed by atoms with E-state index >= 15 is 0 Å². The smallest absolute Gasteiger partial charge is 0.326 e. The summed E-state index contributed by atoms with van der Waals surface area (Å²) in [5, 5.41) is 30.8. The number of unbranched alkanes of at least 4 members (excludes halogenated alkanes) is 1. The molecule has 0 aliphatic carbocycles. The van der Waals surface area contributed by atoms with E-state index in [1.54, 1.807) is 6.20 Å². The number of amides is 3. The lowest BCUT2D eigenvalue weighted by atomic mass is 10.0. The fraction of sp³-hybridized carbons (Fsp3) is 0.520. The van der Waals surface area contributed by atoms with Crippen molar-refractivity contribution in [1.29, 1.82) is 0 Å². The average Bonchev–Trinajstić information content (AvgIpc) is 3.57. The molecule has 12 nitrogen and oxygen atoms in total. The highest BCUT2D eigenvalue weighted by molar-refractivity contribution is 5.95. The highest BCUT2D eigenvalue weighted by atomic mass is 16.4. The number of aliphatic carboxylic acids is 1. The molecule has 2 heterocycles. The Balaban J connectivity index is 1.72. The monoisotopic (exact) mass is 516 g/mol. The Morgan fingerprint density at radius 2 is 1.76 bits per heavy atom. The molecule has 3 amide bonds. The lowest BCUT2D eigenvalue weighted by Gasteiger charge is -2.24. The first kappa shape index (κ1) is 28.1. The SMILES string of the molecule is NCCCCC(NC(=O)C(CO)NC(=O)C(Cc1c[nH]c2ccccc12)NC(=O)C1CCCN1)C(=O)O. The van der Waals surface area contributed by atoms with Gasteiger partial charge in [0.25, 0.3) is 0 Å². The van der Waals surface area contributed by atoms with Crippen molar-refractivity contribution in [3.8, 4) is 0 Å². The Labute approximate surface area is 214 Å². The summed E-state index contributed by atoms with van der Waals surface area (Å²) in [6.45, 7) is 0.361. The number of hydrogen-bond acceptors (Lipinski definition) is 7. The van der Waals surface area contributed by atoms with Crippen LogP contribution in [0.15, 0.2) is 30.5 Å². The van der Waals surface area contributed by atoms with Gasteiger partial charge < -0.3 is 42.2 Å². The zero-order chi connectivity index (χ0) is 26.8. The van der Waals surface area contributed by atoms with E-state index in [2.05, 4.69) is 26.3 Å². The molecule has 1 aromatic heterocycles. The van der Waals surface area contributed by atoms with E-state index in [1.165, 1.54) is 0 Å². The van der Waals surface area contributed by atoms with Crippen LogP contribution in [0.3, 0.4) is 0 Å². The number of nitrogens with one attached hydrogen (secondary N) is 5. The molecule has 2 aromatic rings. The predicted molar refractivity (Wildman–Crippen MR) is 136 cm³/mol. The number of aliphatic hydroxyl groups excluding tert-OH is 1. The van der Waals surface area contributed by atoms with Crippen molar-refractivity contribution >= 4 is 34.6 Å². The minimum absolute atomic E-state index is 0.144. The van der Waals surface area contributed by atoms with E-state index < -0.39 is 48.6 Å². The van der Waals surface area contributed by atoms with Crippen LogP contribution in [0.1, 0.15) is 37.7 Å². The molecule has 1 aliphatic rings. The Hall–Kier alpha value is -3.48. The highest BCUT2D eigenvalue weighted by Crippen LogP contribution is 2.19. The second-order valence-corrected chi connectivity index (χ2v) is 9.20. The molecule has 3 rings (SSSR count). The van der Waals surface area contributed by atoms with E-state index in [0.29, 0.717) is 32.4 Å². The van der Waals surface area contributed by atoms with Crippen LogP contribution in [-0.4, -0.2) is 82.8 Å². The first-order valence-electron chi connectivity index (χ1n) is 12.6. The van der Waals surface area contributed by atoms with Crippen LogP contribution in [0.2, 0.25) is 0 Å². The van der Waals surface area contributed by atoms with E-state index in [-0.39, 0.29) is 18.7 Å². The maximum absolute atomic E-state index is 13.3. The van der Waals surface area contributed by atoms with Crippen molar-refractivity contribution in [2.45, 2.75) is 62.7 Å². The van der Waals surface area contributed by atoms with Gasteiger partial charge in [-0.05, 0) is 56.8 Å². The third-order valence-electron chi connectivity index (χ3n) is 6.49.